The molecule has 7 nitrogen and oxygen atoms in total. The van der Waals surface area contributed by atoms with Gasteiger partial charge in [0, 0.05) is 12.5 Å². The molecule has 2 atom stereocenters. The average molecular weight is 234 g/mol. The highest BCUT2D eigenvalue weighted by molar-refractivity contribution is 5.85. The molecule has 1 aromatic rings. The second kappa shape index (κ2) is 5.04. The van der Waals surface area contributed by atoms with Crippen LogP contribution in [-0.4, -0.2) is 46.3 Å². The number of hydrogen-bond donors (Lipinski definition) is 2. The molecule has 1 aliphatic heterocycles. The van der Waals surface area contributed by atoms with Gasteiger partial charge in [-0.15, -0.1) is 22.6 Å². The minimum atomic E-state index is -0.247. The van der Waals surface area contributed by atoms with Gasteiger partial charge in [-0.2, -0.15) is 5.21 Å². The number of halogens is 1. The number of ether oxygens (including phenoxy) is 1. The van der Waals surface area contributed by atoms with Gasteiger partial charge < -0.3 is 10.1 Å². The number of tetrazole rings is 1. The third-order valence-corrected chi connectivity index (χ3v) is 2.34. The number of aromatic amines is 1. The zero-order valence-electron chi connectivity index (χ0n) is 8.14. The van der Waals surface area contributed by atoms with Gasteiger partial charge in [0.05, 0.1) is 7.11 Å². The van der Waals surface area contributed by atoms with Crippen LogP contribution in [0.3, 0.4) is 0 Å². The summed E-state index contributed by atoms with van der Waals surface area (Å²) in [7, 11) is 1.38. The van der Waals surface area contributed by atoms with E-state index in [2.05, 4.69) is 30.7 Å². The van der Waals surface area contributed by atoms with E-state index >= 15 is 0 Å². The molecular formula is C7H12ClN5O2. The molecule has 2 heterocycles. The Balaban J connectivity index is 0.00000112. The van der Waals surface area contributed by atoms with Crippen LogP contribution in [0.15, 0.2) is 0 Å². The SMILES string of the molecule is COC(=O)C1CC(c2nn[nH]n2)CN1.Cl. The quantitative estimate of drug-likeness (QED) is 0.653. The molecule has 0 spiro atoms. The molecule has 2 unspecified atom stereocenters. The maximum Gasteiger partial charge on any atom is 0.322 e. The minimum absolute atomic E-state index is 0. The first-order valence-electron chi connectivity index (χ1n) is 4.36. The van der Waals surface area contributed by atoms with E-state index < -0.39 is 0 Å². The van der Waals surface area contributed by atoms with Crippen LogP contribution in [0.4, 0.5) is 0 Å². The third-order valence-electron chi connectivity index (χ3n) is 2.34. The van der Waals surface area contributed by atoms with Crippen molar-refractivity contribution in [2.45, 2.75) is 18.4 Å². The predicted molar refractivity (Wildman–Crippen MR) is 52.6 cm³/mol. The van der Waals surface area contributed by atoms with E-state index in [1.54, 1.807) is 0 Å². The Morgan fingerprint density at radius 2 is 2.40 bits per heavy atom. The number of carbonyl (C=O) groups is 1. The van der Waals surface area contributed by atoms with Gasteiger partial charge in [-0.1, -0.05) is 5.21 Å². The number of carbonyl (C=O) groups excluding carboxylic acids is 1. The minimum Gasteiger partial charge on any atom is -0.468 e. The topological polar surface area (TPSA) is 92.8 Å². The van der Waals surface area contributed by atoms with Gasteiger partial charge in [0.15, 0.2) is 5.82 Å². The number of H-pyrrole nitrogens is 1. The summed E-state index contributed by atoms with van der Waals surface area (Å²) >= 11 is 0. The third kappa shape index (κ3) is 2.42. The zero-order chi connectivity index (χ0) is 9.97. The Bertz CT molecular complexity index is 317. The van der Waals surface area contributed by atoms with Crippen molar-refractivity contribution >= 4 is 18.4 Å². The maximum absolute atomic E-state index is 11.2. The number of aromatic nitrogens is 4. The predicted octanol–water partition coefficient (Wildman–Crippen LogP) is -0.760. The van der Waals surface area contributed by atoms with Crippen molar-refractivity contribution in [1.29, 1.82) is 0 Å². The normalized spacial score (nSPS) is 24.6. The molecule has 1 saturated heterocycles. The van der Waals surface area contributed by atoms with E-state index in [-0.39, 0.29) is 30.3 Å². The molecular weight excluding hydrogens is 222 g/mol. The van der Waals surface area contributed by atoms with Crippen molar-refractivity contribution in [1.82, 2.24) is 25.9 Å². The van der Waals surface area contributed by atoms with Crippen molar-refractivity contribution in [2.24, 2.45) is 0 Å². The van der Waals surface area contributed by atoms with E-state index in [1.165, 1.54) is 7.11 Å². The standard InChI is InChI=1S/C7H11N5O2.ClH/c1-14-7(13)5-2-4(3-8-5)6-9-11-12-10-6;/h4-5,8H,2-3H2,1H3,(H,9,10,11,12);1H. The number of hydrogen-bond acceptors (Lipinski definition) is 6. The van der Waals surface area contributed by atoms with E-state index in [0.717, 1.165) is 0 Å². The Hall–Kier alpha value is -1.21. The fourth-order valence-electron chi connectivity index (χ4n) is 1.60. The van der Waals surface area contributed by atoms with Crippen LogP contribution in [0.1, 0.15) is 18.2 Å². The molecule has 1 aromatic heterocycles. The fourth-order valence-corrected chi connectivity index (χ4v) is 1.60. The molecule has 2 rings (SSSR count). The molecule has 0 amide bonds. The summed E-state index contributed by atoms with van der Waals surface area (Å²) in [6.07, 6.45) is 0.659. The van der Waals surface area contributed by atoms with E-state index in [1.807, 2.05) is 0 Å². The molecule has 1 aliphatic rings. The highest BCUT2D eigenvalue weighted by atomic mass is 35.5. The molecule has 0 radical (unpaired) electrons. The first kappa shape index (κ1) is 11.9. The zero-order valence-corrected chi connectivity index (χ0v) is 8.95. The summed E-state index contributed by atoms with van der Waals surface area (Å²) in [6, 6.07) is -0.247. The fraction of sp³-hybridized carbons (Fsp3) is 0.714. The van der Waals surface area contributed by atoms with Gasteiger partial charge in [-0.25, -0.2) is 0 Å². The molecule has 0 saturated carbocycles. The summed E-state index contributed by atoms with van der Waals surface area (Å²) in [5.74, 6) is 0.540. The van der Waals surface area contributed by atoms with Crippen molar-refractivity contribution < 1.29 is 9.53 Å². The second-order valence-corrected chi connectivity index (χ2v) is 3.19. The summed E-state index contributed by atoms with van der Waals surface area (Å²) < 4.78 is 4.63. The van der Waals surface area contributed by atoms with Gasteiger partial charge in [0.1, 0.15) is 6.04 Å². The lowest BCUT2D eigenvalue weighted by Gasteiger charge is -2.05. The van der Waals surface area contributed by atoms with E-state index in [9.17, 15) is 4.79 Å². The molecule has 1 fully saturated rings. The summed E-state index contributed by atoms with van der Waals surface area (Å²) in [5.41, 5.74) is 0. The van der Waals surface area contributed by atoms with Gasteiger partial charge in [-0.3, -0.25) is 4.79 Å². The number of methoxy groups -OCH3 is 1. The van der Waals surface area contributed by atoms with Gasteiger partial charge in [0.2, 0.25) is 0 Å². The lowest BCUT2D eigenvalue weighted by molar-refractivity contribution is -0.142. The largest absolute Gasteiger partial charge is 0.468 e. The van der Waals surface area contributed by atoms with Crippen LogP contribution in [0.5, 0.6) is 0 Å². The van der Waals surface area contributed by atoms with Crippen LogP contribution in [0.2, 0.25) is 0 Å². The van der Waals surface area contributed by atoms with Crippen molar-refractivity contribution in [2.75, 3.05) is 13.7 Å². The maximum atomic E-state index is 11.2. The molecule has 8 heteroatoms. The van der Waals surface area contributed by atoms with Crippen LogP contribution < -0.4 is 5.32 Å². The van der Waals surface area contributed by atoms with Crippen molar-refractivity contribution in [3.8, 4) is 0 Å². The number of esters is 1. The van der Waals surface area contributed by atoms with Gasteiger partial charge >= 0.3 is 5.97 Å². The number of nitrogens with zero attached hydrogens (tertiary/aromatic N) is 3. The molecule has 0 aliphatic carbocycles. The average Bonchev–Trinajstić information content (AvgIpc) is 2.86. The summed E-state index contributed by atoms with van der Waals surface area (Å²) in [6.45, 7) is 0.680. The van der Waals surface area contributed by atoms with Gasteiger partial charge in [-0.05, 0) is 6.42 Å². The number of rotatable bonds is 2. The molecule has 0 bridgehead atoms. The Labute approximate surface area is 92.4 Å². The lowest BCUT2D eigenvalue weighted by atomic mass is 10.1. The Morgan fingerprint density at radius 3 is 3.00 bits per heavy atom. The van der Waals surface area contributed by atoms with Crippen molar-refractivity contribution in [3.63, 3.8) is 0 Å². The number of nitrogens with one attached hydrogen (secondary N) is 2. The van der Waals surface area contributed by atoms with Crippen molar-refractivity contribution in [3.05, 3.63) is 5.82 Å². The highest BCUT2D eigenvalue weighted by Crippen LogP contribution is 2.22. The molecule has 84 valence electrons. The second-order valence-electron chi connectivity index (χ2n) is 3.19. The van der Waals surface area contributed by atoms with E-state index in [0.29, 0.717) is 18.8 Å². The highest BCUT2D eigenvalue weighted by Gasteiger charge is 2.32. The summed E-state index contributed by atoms with van der Waals surface area (Å²) in [5, 5.41) is 16.7. The molecule has 15 heavy (non-hydrogen) atoms. The van der Waals surface area contributed by atoms with Gasteiger partial charge in [0.25, 0.3) is 0 Å². The van der Waals surface area contributed by atoms with Crippen LogP contribution in [0.25, 0.3) is 0 Å². The first-order valence-corrected chi connectivity index (χ1v) is 4.36. The van der Waals surface area contributed by atoms with Crippen LogP contribution in [-0.2, 0) is 9.53 Å². The van der Waals surface area contributed by atoms with Crippen LogP contribution >= 0.6 is 12.4 Å². The smallest absolute Gasteiger partial charge is 0.322 e. The van der Waals surface area contributed by atoms with Crippen LogP contribution in [0, 0.1) is 0 Å². The molecule has 2 N–H and O–H groups in total. The lowest BCUT2D eigenvalue weighted by Crippen LogP contribution is -2.31. The van der Waals surface area contributed by atoms with E-state index in [4.69, 9.17) is 0 Å². The monoisotopic (exact) mass is 233 g/mol. The summed E-state index contributed by atoms with van der Waals surface area (Å²) in [4.78, 5) is 11.2. The Morgan fingerprint density at radius 1 is 1.60 bits per heavy atom. The molecule has 0 aromatic carbocycles. The first-order chi connectivity index (χ1) is 6.81. The Kier molecular flexibility index (Phi) is 3.98.